The number of rotatable bonds is 3. The minimum atomic E-state index is -4.54. The number of aromatic nitrogens is 2. The fraction of sp³-hybridized carbons (Fsp3) is 0.444. The van der Waals surface area contributed by atoms with Gasteiger partial charge >= 0.3 is 12.1 Å². The molecule has 0 saturated carbocycles. The van der Waals surface area contributed by atoms with Gasteiger partial charge in [-0.3, -0.25) is 4.79 Å². The molecule has 0 amide bonds. The number of ether oxygens (including phenoxy) is 1. The smallest absolute Gasteiger partial charge is 0.416 e. The van der Waals surface area contributed by atoms with Crippen molar-refractivity contribution < 1.29 is 27.8 Å². The van der Waals surface area contributed by atoms with Crippen molar-refractivity contribution in [1.29, 1.82) is 0 Å². The molecule has 0 bridgehead atoms. The number of halogens is 3. The third kappa shape index (κ3) is 3.18. The van der Waals surface area contributed by atoms with Gasteiger partial charge in [-0.15, -0.1) is 0 Å². The molecular weight excluding hydrogens is 473 g/mol. The summed E-state index contributed by atoms with van der Waals surface area (Å²) in [7, 11) is 0. The van der Waals surface area contributed by atoms with E-state index in [9.17, 15) is 27.9 Å². The lowest BCUT2D eigenvalue weighted by molar-refractivity contribution is -0.172. The SMILES string of the molecule is CCc1c2c(nc3cc(C(F)(F)F)c(C)c(C(C)C)c13)-c1cc3c(c(=O)n1C2)COC(=O)[C@]3(O)CC. The Morgan fingerprint density at radius 1 is 1.19 bits per heavy atom. The van der Waals surface area contributed by atoms with Gasteiger partial charge < -0.3 is 14.4 Å². The minimum absolute atomic E-state index is 0.00586. The molecule has 3 aromatic rings. The Labute approximate surface area is 205 Å². The molecule has 190 valence electrons. The minimum Gasteiger partial charge on any atom is -0.458 e. The van der Waals surface area contributed by atoms with Gasteiger partial charge in [-0.2, -0.15) is 13.2 Å². The number of hydrogen-bond acceptors (Lipinski definition) is 5. The molecule has 0 fully saturated rings. The maximum Gasteiger partial charge on any atom is 0.416 e. The number of benzene rings is 1. The van der Waals surface area contributed by atoms with Gasteiger partial charge in [-0.05, 0) is 54.5 Å². The van der Waals surface area contributed by atoms with Gasteiger partial charge in [0.2, 0.25) is 0 Å². The van der Waals surface area contributed by atoms with Crippen molar-refractivity contribution in [3.63, 3.8) is 0 Å². The van der Waals surface area contributed by atoms with Crippen molar-refractivity contribution in [3.8, 4) is 11.4 Å². The molecule has 1 atom stereocenters. The summed E-state index contributed by atoms with van der Waals surface area (Å²) < 4.78 is 48.5. The highest BCUT2D eigenvalue weighted by atomic mass is 19.4. The van der Waals surface area contributed by atoms with Crippen LogP contribution in [0.3, 0.4) is 0 Å². The number of nitrogens with zero attached hydrogens (tertiary/aromatic N) is 2. The van der Waals surface area contributed by atoms with E-state index in [1.54, 1.807) is 13.0 Å². The molecule has 0 unspecified atom stereocenters. The van der Waals surface area contributed by atoms with Crippen molar-refractivity contribution in [2.45, 2.75) is 78.3 Å². The van der Waals surface area contributed by atoms with Crippen LogP contribution in [0.25, 0.3) is 22.3 Å². The average molecular weight is 501 g/mol. The van der Waals surface area contributed by atoms with Gasteiger partial charge in [0.1, 0.15) is 6.61 Å². The number of alkyl halides is 3. The largest absolute Gasteiger partial charge is 0.458 e. The van der Waals surface area contributed by atoms with Crippen LogP contribution in [-0.4, -0.2) is 20.6 Å². The predicted molar refractivity (Wildman–Crippen MR) is 128 cm³/mol. The summed E-state index contributed by atoms with van der Waals surface area (Å²) >= 11 is 0. The molecule has 0 aliphatic carbocycles. The lowest BCUT2D eigenvalue weighted by atomic mass is 9.85. The highest BCUT2D eigenvalue weighted by molar-refractivity contribution is 5.93. The summed E-state index contributed by atoms with van der Waals surface area (Å²) in [6, 6.07) is 2.67. The van der Waals surface area contributed by atoms with Gasteiger partial charge in [-0.1, -0.05) is 27.7 Å². The fourth-order valence-electron chi connectivity index (χ4n) is 5.87. The third-order valence-electron chi connectivity index (χ3n) is 7.64. The first kappa shape index (κ1) is 24.5. The second-order valence-corrected chi connectivity index (χ2v) is 9.88. The van der Waals surface area contributed by atoms with Gasteiger partial charge in [0.15, 0.2) is 5.60 Å². The Morgan fingerprint density at radius 2 is 1.89 bits per heavy atom. The summed E-state index contributed by atoms with van der Waals surface area (Å²) in [5.41, 5.74) is 0.714. The lowest BCUT2D eigenvalue weighted by Crippen LogP contribution is -2.44. The molecule has 36 heavy (non-hydrogen) atoms. The molecule has 6 nitrogen and oxygen atoms in total. The molecule has 1 aromatic carbocycles. The van der Waals surface area contributed by atoms with Crippen LogP contribution in [0.1, 0.15) is 79.0 Å². The van der Waals surface area contributed by atoms with Gasteiger partial charge in [0, 0.05) is 16.5 Å². The Bertz CT molecular complexity index is 1520. The molecule has 1 N–H and O–H groups in total. The molecule has 0 saturated heterocycles. The fourth-order valence-corrected chi connectivity index (χ4v) is 5.87. The van der Waals surface area contributed by atoms with Crippen molar-refractivity contribution >= 4 is 16.9 Å². The molecule has 2 aliphatic heterocycles. The molecule has 0 spiro atoms. The van der Waals surface area contributed by atoms with Gasteiger partial charge in [0.05, 0.1) is 34.6 Å². The van der Waals surface area contributed by atoms with Crippen molar-refractivity contribution in [2.24, 2.45) is 0 Å². The van der Waals surface area contributed by atoms with Crippen LogP contribution in [0.4, 0.5) is 13.2 Å². The number of cyclic esters (lactones) is 1. The number of aliphatic hydroxyl groups is 1. The van der Waals surface area contributed by atoms with Crippen LogP contribution in [0, 0.1) is 6.92 Å². The summed E-state index contributed by atoms with van der Waals surface area (Å²) in [6.07, 6.45) is -4.00. The van der Waals surface area contributed by atoms with Crippen molar-refractivity contribution in [3.05, 3.63) is 61.4 Å². The normalized spacial score (nSPS) is 18.9. The zero-order valence-corrected chi connectivity index (χ0v) is 20.8. The standard InChI is InChI=1S/C27H27F3N2O4/c1-6-14-15-10-32-20(9-18-16(24(32)33)11-36-25(34)26(18,35)7-2)23(15)31-19-8-17(27(28,29)30)13(5)21(12(3)4)22(14)19/h8-9,12,35H,6-7,10-11H2,1-5H3/t26-/m0/s1. The number of aryl methyl sites for hydroxylation is 1. The zero-order valence-electron chi connectivity index (χ0n) is 20.8. The second kappa shape index (κ2) is 7.90. The molecule has 5 rings (SSSR count). The molecule has 2 aliphatic rings. The second-order valence-electron chi connectivity index (χ2n) is 9.88. The van der Waals surface area contributed by atoms with Crippen LogP contribution in [0.2, 0.25) is 0 Å². The van der Waals surface area contributed by atoms with E-state index >= 15 is 0 Å². The quantitative estimate of drug-likeness (QED) is 0.396. The van der Waals surface area contributed by atoms with Crippen LogP contribution in [0.5, 0.6) is 0 Å². The Morgan fingerprint density at radius 3 is 2.47 bits per heavy atom. The summed E-state index contributed by atoms with van der Waals surface area (Å²) in [6.45, 7) is 8.75. The number of fused-ring (bicyclic) bond motifs is 5. The third-order valence-corrected chi connectivity index (χ3v) is 7.64. The van der Waals surface area contributed by atoms with E-state index in [1.807, 2.05) is 20.8 Å². The first-order chi connectivity index (χ1) is 16.8. The van der Waals surface area contributed by atoms with E-state index in [0.29, 0.717) is 28.8 Å². The highest BCUT2D eigenvalue weighted by Gasteiger charge is 2.45. The van der Waals surface area contributed by atoms with E-state index < -0.39 is 28.9 Å². The van der Waals surface area contributed by atoms with Crippen LogP contribution >= 0.6 is 0 Å². The first-order valence-corrected chi connectivity index (χ1v) is 12.1. The summed E-state index contributed by atoms with van der Waals surface area (Å²) in [5, 5.41) is 11.8. The maximum absolute atomic E-state index is 14.0. The van der Waals surface area contributed by atoms with Gasteiger partial charge in [0.25, 0.3) is 5.56 Å². The van der Waals surface area contributed by atoms with E-state index in [2.05, 4.69) is 4.98 Å². The summed E-state index contributed by atoms with van der Waals surface area (Å²) in [5.74, 6) is -1.01. The van der Waals surface area contributed by atoms with Crippen molar-refractivity contribution in [2.75, 3.05) is 0 Å². The molecular formula is C27H27F3N2O4. The first-order valence-electron chi connectivity index (χ1n) is 12.1. The topological polar surface area (TPSA) is 81.4 Å². The van der Waals surface area contributed by atoms with Crippen LogP contribution < -0.4 is 5.56 Å². The van der Waals surface area contributed by atoms with Crippen LogP contribution in [-0.2, 0) is 40.9 Å². The molecule has 9 heteroatoms. The number of hydrogen-bond donors (Lipinski definition) is 1. The molecule has 2 aromatic heterocycles. The number of pyridine rings is 2. The van der Waals surface area contributed by atoms with E-state index in [-0.39, 0.29) is 47.7 Å². The lowest BCUT2D eigenvalue weighted by Gasteiger charge is -2.31. The Kier molecular flexibility index (Phi) is 5.37. The van der Waals surface area contributed by atoms with Crippen molar-refractivity contribution in [1.82, 2.24) is 9.55 Å². The Hall–Kier alpha value is -3.20. The van der Waals surface area contributed by atoms with E-state index in [1.165, 1.54) is 11.5 Å². The van der Waals surface area contributed by atoms with Gasteiger partial charge in [-0.25, -0.2) is 9.78 Å². The summed E-state index contributed by atoms with van der Waals surface area (Å²) in [4.78, 5) is 30.6. The molecule has 4 heterocycles. The van der Waals surface area contributed by atoms with E-state index in [0.717, 1.165) is 17.2 Å². The number of carbonyl (C=O) groups excluding carboxylic acids is 1. The molecule has 0 radical (unpaired) electrons. The predicted octanol–water partition coefficient (Wildman–Crippen LogP) is 5.09. The average Bonchev–Trinajstić information content (AvgIpc) is 3.17. The number of esters is 1. The number of carbonyl (C=O) groups is 1. The van der Waals surface area contributed by atoms with E-state index in [4.69, 9.17) is 4.74 Å². The monoisotopic (exact) mass is 500 g/mol. The Balaban J connectivity index is 1.89. The zero-order chi connectivity index (χ0) is 26.3. The highest BCUT2D eigenvalue weighted by Crippen LogP contribution is 2.44. The maximum atomic E-state index is 14.0. The van der Waals surface area contributed by atoms with Crippen LogP contribution in [0.15, 0.2) is 16.9 Å².